The van der Waals surface area contributed by atoms with Gasteiger partial charge in [0.05, 0.1) is 29.4 Å². The van der Waals surface area contributed by atoms with Crippen molar-refractivity contribution in [1.82, 2.24) is 20.3 Å². The van der Waals surface area contributed by atoms with Gasteiger partial charge in [0.2, 0.25) is 11.8 Å². The van der Waals surface area contributed by atoms with Gasteiger partial charge in [0, 0.05) is 42.7 Å². The molecular formula is C25H23N5O4S. The number of nitrogens with one attached hydrogen (secondary N) is 3. The highest BCUT2D eigenvalue weighted by molar-refractivity contribution is 7.14. The van der Waals surface area contributed by atoms with E-state index in [-0.39, 0.29) is 36.3 Å². The van der Waals surface area contributed by atoms with Crippen LogP contribution in [0.2, 0.25) is 0 Å². The molecule has 1 aliphatic heterocycles. The molecule has 0 saturated heterocycles. The number of anilines is 1. The van der Waals surface area contributed by atoms with Crippen LogP contribution >= 0.6 is 11.3 Å². The third kappa shape index (κ3) is 5.07. The van der Waals surface area contributed by atoms with Crippen LogP contribution in [-0.2, 0) is 16.0 Å². The number of rotatable bonds is 6. The largest absolute Gasteiger partial charge is 0.493 e. The van der Waals surface area contributed by atoms with Crippen molar-refractivity contribution in [1.29, 1.82) is 0 Å². The number of H-pyrrole nitrogens is 1. The van der Waals surface area contributed by atoms with E-state index in [1.165, 1.54) is 18.3 Å². The average molecular weight is 490 g/mol. The van der Waals surface area contributed by atoms with Crippen molar-refractivity contribution < 1.29 is 14.3 Å². The van der Waals surface area contributed by atoms with E-state index >= 15 is 0 Å². The molecule has 4 aromatic rings. The molecule has 10 heteroatoms. The number of hydrogen-bond donors (Lipinski definition) is 3. The third-order valence-electron chi connectivity index (χ3n) is 5.73. The molecule has 2 aromatic heterocycles. The van der Waals surface area contributed by atoms with Crippen molar-refractivity contribution in [2.75, 3.05) is 11.9 Å². The van der Waals surface area contributed by atoms with Gasteiger partial charge in [-0.25, -0.2) is 9.97 Å². The van der Waals surface area contributed by atoms with Gasteiger partial charge in [-0.15, -0.1) is 11.3 Å². The molecule has 2 aromatic carbocycles. The zero-order valence-corrected chi connectivity index (χ0v) is 19.8. The number of hydrogen-bond acceptors (Lipinski definition) is 7. The molecule has 0 fully saturated rings. The minimum absolute atomic E-state index is 0.0900. The van der Waals surface area contributed by atoms with Crippen LogP contribution in [0.25, 0.3) is 22.3 Å². The predicted molar refractivity (Wildman–Crippen MR) is 134 cm³/mol. The maximum Gasteiger partial charge on any atom is 0.270 e. The zero-order valence-electron chi connectivity index (χ0n) is 19.0. The molecule has 3 heterocycles. The maximum atomic E-state index is 12.5. The number of amides is 2. The average Bonchev–Trinajstić information content (AvgIpc) is 3.30. The molecule has 5 rings (SSSR count). The number of carbonyl (C=O) groups is 2. The predicted octanol–water partition coefficient (Wildman–Crippen LogP) is 3.58. The van der Waals surface area contributed by atoms with Gasteiger partial charge in [-0.2, -0.15) is 0 Å². The van der Waals surface area contributed by atoms with Gasteiger partial charge in [-0.05, 0) is 30.3 Å². The van der Waals surface area contributed by atoms with Crippen LogP contribution in [0.1, 0.15) is 37.1 Å². The molecule has 1 aliphatic rings. The van der Waals surface area contributed by atoms with E-state index in [4.69, 9.17) is 4.74 Å². The number of aromatic amines is 1. The smallest absolute Gasteiger partial charge is 0.270 e. The summed E-state index contributed by atoms with van der Waals surface area (Å²) in [5.74, 6) is 0.414. The van der Waals surface area contributed by atoms with E-state index in [0.717, 1.165) is 16.9 Å². The van der Waals surface area contributed by atoms with Crippen LogP contribution in [0.3, 0.4) is 0 Å². The Morgan fingerprint density at radius 1 is 1.20 bits per heavy atom. The van der Waals surface area contributed by atoms with E-state index < -0.39 is 0 Å². The lowest BCUT2D eigenvalue weighted by atomic mass is 9.97. The molecule has 0 spiro atoms. The lowest BCUT2D eigenvalue weighted by Gasteiger charge is -2.26. The molecule has 1 unspecified atom stereocenters. The molecule has 0 saturated carbocycles. The van der Waals surface area contributed by atoms with Crippen LogP contribution in [0.5, 0.6) is 5.75 Å². The normalized spacial score (nSPS) is 14.7. The summed E-state index contributed by atoms with van der Waals surface area (Å²) in [6.07, 6.45) is 1.03. The fourth-order valence-electron chi connectivity index (χ4n) is 4.06. The second kappa shape index (κ2) is 9.67. The molecular weight excluding hydrogens is 466 g/mol. The van der Waals surface area contributed by atoms with E-state index in [1.807, 2.05) is 41.8 Å². The number of para-hydroxylation sites is 2. The Morgan fingerprint density at radius 2 is 2.06 bits per heavy atom. The van der Waals surface area contributed by atoms with Gasteiger partial charge in [0.15, 0.2) is 5.13 Å². The van der Waals surface area contributed by atoms with Gasteiger partial charge < -0.3 is 20.4 Å². The Balaban J connectivity index is 1.26. The number of thiazole rings is 1. The lowest BCUT2D eigenvalue weighted by molar-refractivity contribution is -0.120. The number of aromatic nitrogens is 3. The topological polar surface area (TPSA) is 126 Å². The highest BCUT2D eigenvalue weighted by Crippen LogP contribution is 2.36. The summed E-state index contributed by atoms with van der Waals surface area (Å²) >= 11 is 1.32. The van der Waals surface area contributed by atoms with Crippen LogP contribution in [0.15, 0.2) is 52.6 Å². The van der Waals surface area contributed by atoms with Gasteiger partial charge in [-0.3, -0.25) is 14.4 Å². The van der Waals surface area contributed by atoms with E-state index in [9.17, 15) is 14.4 Å². The number of ether oxygens (including phenoxy) is 1. The number of fused-ring (bicyclic) bond motifs is 2. The van der Waals surface area contributed by atoms with Gasteiger partial charge in [-0.1, -0.05) is 12.1 Å². The number of aryl methyl sites for hydroxylation is 1. The summed E-state index contributed by atoms with van der Waals surface area (Å²) in [6.45, 7) is 2.05. The molecule has 178 valence electrons. The van der Waals surface area contributed by atoms with Crippen molar-refractivity contribution in [2.24, 2.45) is 0 Å². The Kier molecular flexibility index (Phi) is 6.28. The first-order chi connectivity index (χ1) is 17.0. The lowest BCUT2D eigenvalue weighted by Crippen LogP contribution is -2.30. The third-order valence-corrected chi connectivity index (χ3v) is 6.49. The van der Waals surface area contributed by atoms with E-state index in [1.54, 1.807) is 6.07 Å². The molecule has 9 nitrogen and oxygen atoms in total. The van der Waals surface area contributed by atoms with Crippen molar-refractivity contribution in [2.45, 2.75) is 32.2 Å². The number of nitrogens with zero attached hydrogens (tertiary/aromatic N) is 2. The Bertz CT molecular complexity index is 1480. The van der Waals surface area contributed by atoms with Crippen LogP contribution < -0.4 is 20.9 Å². The van der Waals surface area contributed by atoms with E-state index in [2.05, 4.69) is 25.6 Å². The first-order valence-corrected chi connectivity index (χ1v) is 12.1. The first-order valence-electron chi connectivity index (χ1n) is 11.2. The fourth-order valence-corrected chi connectivity index (χ4v) is 4.80. The van der Waals surface area contributed by atoms with Crippen LogP contribution in [0.4, 0.5) is 5.13 Å². The summed E-state index contributed by atoms with van der Waals surface area (Å²) < 4.78 is 5.72. The highest BCUT2D eigenvalue weighted by Gasteiger charge is 2.23. The monoisotopic (exact) mass is 489 g/mol. The van der Waals surface area contributed by atoms with Crippen LogP contribution in [-0.4, -0.2) is 33.4 Å². The quantitative estimate of drug-likeness (QED) is 0.380. The highest BCUT2D eigenvalue weighted by atomic mass is 32.1. The molecule has 2 amide bonds. The minimum atomic E-state index is -0.290. The summed E-state index contributed by atoms with van der Waals surface area (Å²) in [5, 5.41) is 8.10. The van der Waals surface area contributed by atoms with Gasteiger partial charge in [0.1, 0.15) is 11.4 Å². The Morgan fingerprint density at radius 3 is 2.91 bits per heavy atom. The molecule has 0 radical (unpaired) electrons. The molecule has 35 heavy (non-hydrogen) atoms. The Hall–Kier alpha value is -4.05. The molecule has 1 atom stereocenters. The molecule has 0 aliphatic carbocycles. The summed E-state index contributed by atoms with van der Waals surface area (Å²) in [7, 11) is 0. The number of benzene rings is 2. The Labute approximate surface area is 204 Å². The first kappa shape index (κ1) is 22.7. The summed E-state index contributed by atoms with van der Waals surface area (Å²) in [6, 6.07) is 12.9. The zero-order chi connectivity index (χ0) is 24.4. The van der Waals surface area contributed by atoms with Gasteiger partial charge >= 0.3 is 0 Å². The second-order valence-electron chi connectivity index (χ2n) is 8.26. The maximum absolute atomic E-state index is 12.5. The van der Waals surface area contributed by atoms with Crippen LogP contribution in [0, 0.1) is 0 Å². The van der Waals surface area contributed by atoms with Gasteiger partial charge in [0.25, 0.3) is 5.56 Å². The minimum Gasteiger partial charge on any atom is -0.493 e. The van der Waals surface area contributed by atoms with Crippen molar-refractivity contribution in [3.63, 3.8) is 0 Å². The molecule has 0 bridgehead atoms. The van der Waals surface area contributed by atoms with Crippen molar-refractivity contribution in [3.05, 3.63) is 69.5 Å². The molecule has 3 N–H and O–H groups in total. The van der Waals surface area contributed by atoms with Crippen molar-refractivity contribution >= 4 is 39.3 Å². The fraction of sp³-hybridized carbons (Fsp3) is 0.240. The summed E-state index contributed by atoms with van der Waals surface area (Å²) in [4.78, 5) is 48.1. The van der Waals surface area contributed by atoms with E-state index in [0.29, 0.717) is 40.6 Å². The summed E-state index contributed by atoms with van der Waals surface area (Å²) in [5.41, 5.74) is 3.88. The van der Waals surface area contributed by atoms with Crippen molar-refractivity contribution in [3.8, 4) is 17.0 Å². The number of carbonyl (C=O) groups excluding carboxylic acids is 2. The SMILES string of the molecule is CC(=O)NC1CCOc2ccc(-c3csc(NC(=O)CCc4nc5ccccc5[nH]c4=O)n3)cc21. The second-order valence-corrected chi connectivity index (χ2v) is 9.12. The standard InChI is InChI=1S/C25H23N5O4S/c1-14(31)26-17-10-11-34-22-8-6-15(12-16(17)22)21-13-35-25(29-21)30-23(32)9-7-20-24(33)28-19-5-3-2-4-18(19)27-20/h2-6,8,12-13,17H,7,9-11H2,1H3,(H,26,31)(H,28,33)(H,29,30,32).